The molecule has 32 heavy (non-hydrogen) atoms. The predicted molar refractivity (Wildman–Crippen MR) is 118 cm³/mol. The Morgan fingerprint density at radius 3 is 2.84 bits per heavy atom. The Labute approximate surface area is 187 Å². The molecule has 5 rings (SSSR count). The van der Waals surface area contributed by atoms with E-state index >= 15 is 0 Å². The molecule has 2 aromatic heterocycles. The SMILES string of the molecule is CCOC(=O)N1CC2(CCC(N3CCN(c4ncccc4-c4cnccn4)C(=O)C3)C2)C1. The van der Waals surface area contributed by atoms with Gasteiger partial charge in [0.1, 0.15) is 5.82 Å². The van der Waals surface area contributed by atoms with E-state index in [-0.39, 0.29) is 17.4 Å². The van der Waals surface area contributed by atoms with Gasteiger partial charge in [0.15, 0.2) is 0 Å². The number of piperazine rings is 1. The molecule has 0 bridgehead atoms. The number of aromatic nitrogens is 3. The first-order valence-electron chi connectivity index (χ1n) is 11.3. The molecule has 1 spiro atoms. The summed E-state index contributed by atoms with van der Waals surface area (Å²) in [5, 5.41) is 0. The smallest absolute Gasteiger partial charge is 0.409 e. The number of hydrogen-bond acceptors (Lipinski definition) is 7. The number of carbonyl (C=O) groups excluding carboxylic acids is 2. The summed E-state index contributed by atoms with van der Waals surface area (Å²) in [6, 6.07) is 4.16. The number of anilines is 1. The Morgan fingerprint density at radius 2 is 2.09 bits per heavy atom. The van der Waals surface area contributed by atoms with Crippen molar-refractivity contribution in [3.8, 4) is 11.3 Å². The molecule has 2 aliphatic heterocycles. The molecule has 0 radical (unpaired) electrons. The van der Waals surface area contributed by atoms with Crippen molar-refractivity contribution < 1.29 is 14.3 Å². The van der Waals surface area contributed by atoms with Gasteiger partial charge in [-0.15, -0.1) is 0 Å². The molecule has 168 valence electrons. The zero-order valence-electron chi connectivity index (χ0n) is 18.3. The maximum absolute atomic E-state index is 13.1. The summed E-state index contributed by atoms with van der Waals surface area (Å²) >= 11 is 0. The number of carbonyl (C=O) groups is 2. The molecular weight excluding hydrogens is 408 g/mol. The van der Waals surface area contributed by atoms with Crippen molar-refractivity contribution in [2.75, 3.05) is 44.2 Å². The van der Waals surface area contributed by atoms with Crippen LogP contribution in [0.5, 0.6) is 0 Å². The molecule has 1 unspecified atom stereocenters. The van der Waals surface area contributed by atoms with E-state index < -0.39 is 0 Å². The number of ether oxygens (including phenoxy) is 1. The molecule has 2 saturated heterocycles. The van der Waals surface area contributed by atoms with Crippen molar-refractivity contribution in [3.63, 3.8) is 0 Å². The highest BCUT2D eigenvalue weighted by atomic mass is 16.6. The Kier molecular flexibility index (Phi) is 5.50. The number of hydrogen-bond donors (Lipinski definition) is 0. The summed E-state index contributed by atoms with van der Waals surface area (Å²) in [7, 11) is 0. The third-order valence-electron chi connectivity index (χ3n) is 6.90. The predicted octanol–water partition coefficient (Wildman–Crippen LogP) is 2.20. The molecule has 4 heterocycles. The van der Waals surface area contributed by atoms with E-state index in [0.717, 1.165) is 44.5 Å². The zero-order valence-corrected chi connectivity index (χ0v) is 18.3. The van der Waals surface area contributed by atoms with Crippen LogP contribution in [0, 0.1) is 5.41 Å². The van der Waals surface area contributed by atoms with Crippen LogP contribution in [0.1, 0.15) is 26.2 Å². The first-order valence-corrected chi connectivity index (χ1v) is 11.3. The van der Waals surface area contributed by atoms with Crippen LogP contribution in [0.2, 0.25) is 0 Å². The first-order chi connectivity index (χ1) is 15.6. The molecule has 2 aromatic rings. The molecule has 3 aliphatic rings. The lowest BCUT2D eigenvalue weighted by atomic mass is 9.78. The normalized spacial score (nSPS) is 22.8. The summed E-state index contributed by atoms with van der Waals surface area (Å²) in [6.07, 6.45) is 9.66. The topological polar surface area (TPSA) is 91.8 Å². The average Bonchev–Trinajstić information content (AvgIpc) is 3.25. The van der Waals surface area contributed by atoms with Crippen LogP contribution < -0.4 is 4.90 Å². The van der Waals surface area contributed by atoms with Crippen molar-refractivity contribution in [2.24, 2.45) is 5.41 Å². The van der Waals surface area contributed by atoms with Crippen molar-refractivity contribution in [1.29, 1.82) is 0 Å². The number of rotatable bonds is 4. The van der Waals surface area contributed by atoms with Gasteiger partial charge in [-0.05, 0) is 38.3 Å². The quantitative estimate of drug-likeness (QED) is 0.726. The molecule has 9 heteroatoms. The van der Waals surface area contributed by atoms with Gasteiger partial charge in [-0.2, -0.15) is 0 Å². The van der Waals surface area contributed by atoms with Gasteiger partial charge in [-0.25, -0.2) is 9.78 Å². The van der Waals surface area contributed by atoms with Crippen molar-refractivity contribution in [1.82, 2.24) is 24.8 Å². The van der Waals surface area contributed by atoms with E-state index in [9.17, 15) is 9.59 Å². The zero-order chi connectivity index (χ0) is 22.1. The minimum Gasteiger partial charge on any atom is -0.450 e. The highest BCUT2D eigenvalue weighted by Crippen LogP contribution is 2.47. The van der Waals surface area contributed by atoms with Crippen molar-refractivity contribution in [3.05, 3.63) is 36.9 Å². The van der Waals surface area contributed by atoms with Gasteiger partial charge >= 0.3 is 6.09 Å². The van der Waals surface area contributed by atoms with Gasteiger partial charge in [-0.1, -0.05) is 0 Å². The number of likely N-dealkylation sites (tertiary alicyclic amines) is 1. The molecule has 9 nitrogen and oxygen atoms in total. The summed E-state index contributed by atoms with van der Waals surface area (Å²) in [5.74, 6) is 0.701. The molecule has 1 atom stereocenters. The maximum Gasteiger partial charge on any atom is 0.409 e. The summed E-state index contributed by atoms with van der Waals surface area (Å²) in [5.41, 5.74) is 1.72. The van der Waals surface area contributed by atoms with Crippen LogP contribution >= 0.6 is 0 Å². The van der Waals surface area contributed by atoms with E-state index in [0.29, 0.717) is 37.3 Å². The van der Waals surface area contributed by atoms with E-state index in [1.54, 1.807) is 34.6 Å². The highest BCUT2D eigenvalue weighted by Gasteiger charge is 2.51. The van der Waals surface area contributed by atoms with Crippen molar-refractivity contribution in [2.45, 2.75) is 32.2 Å². The van der Waals surface area contributed by atoms with Crippen LogP contribution in [0.25, 0.3) is 11.3 Å². The number of amides is 2. The Bertz CT molecular complexity index is 994. The first kappa shape index (κ1) is 20.8. The summed E-state index contributed by atoms with van der Waals surface area (Å²) in [4.78, 5) is 44.0. The molecule has 0 N–H and O–H groups in total. The van der Waals surface area contributed by atoms with Crippen LogP contribution in [-0.4, -0.2) is 82.1 Å². The van der Waals surface area contributed by atoms with Crippen LogP contribution in [0.3, 0.4) is 0 Å². The van der Waals surface area contributed by atoms with Gasteiger partial charge in [0, 0.05) is 61.8 Å². The van der Waals surface area contributed by atoms with Gasteiger partial charge in [0.25, 0.3) is 0 Å². The maximum atomic E-state index is 13.1. The molecule has 1 saturated carbocycles. The van der Waals surface area contributed by atoms with Gasteiger partial charge in [0.05, 0.1) is 25.0 Å². The van der Waals surface area contributed by atoms with Gasteiger partial charge in [-0.3, -0.25) is 24.6 Å². The number of pyridine rings is 1. The average molecular weight is 437 g/mol. The lowest BCUT2D eigenvalue weighted by molar-refractivity contribution is -0.122. The van der Waals surface area contributed by atoms with E-state index in [2.05, 4.69) is 19.9 Å². The fourth-order valence-corrected chi connectivity index (χ4v) is 5.36. The minimum absolute atomic E-state index is 0.0581. The van der Waals surface area contributed by atoms with Gasteiger partial charge < -0.3 is 9.64 Å². The second kappa shape index (κ2) is 8.46. The highest BCUT2D eigenvalue weighted by molar-refractivity contribution is 5.97. The van der Waals surface area contributed by atoms with E-state index in [1.807, 2.05) is 19.1 Å². The molecule has 1 aliphatic carbocycles. The fourth-order valence-electron chi connectivity index (χ4n) is 5.36. The van der Waals surface area contributed by atoms with E-state index in [1.165, 1.54) is 0 Å². The Morgan fingerprint density at radius 1 is 1.22 bits per heavy atom. The molecular formula is C23H28N6O3. The fraction of sp³-hybridized carbons (Fsp3) is 0.522. The minimum atomic E-state index is -0.209. The lowest BCUT2D eigenvalue weighted by Crippen LogP contribution is -2.58. The third-order valence-corrected chi connectivity index (χ3v) is 6.90. The van der Waals surface area contributed by atoms with Gasteiger partial charge in [0.2, 0.25) is 5.91 Å². The van der Waals surface area contributed by atoms with Crippen LogP contribution in [0.4, 0.5) is 10.6 Å². The standard InChI is InChI=1S/C23H28N6O3/c1-2-32-22(31)28-15-23(16-28)6-5-17(12-23)27-10-11-29(20(30)14-27)21-18(4-3-7-26-21)19-13-24-8-9-25-19/h3-4,7-9,13,17H,2,5-6,10-12,14-16H2,1H3. The Balaban J connectivity index is 1.22. The third kappa shape index (κ3) is 3.81. The second-order valence-electron chi connectivity index (χ2n) is 8.93. The largest absolute Gasteiger partial charge is 0.450 e. The molecule has 3 fully saturated rings. The van der Waals surface area contributed by atoms with Crippen LogP contribution in [0.15, 0.2) is 36.9 Å². The second-order valence-corrected chi connectivity index (χ2v) is 8.93. The van der Waals surface area contributed by atoms with Crippen LogP contribution in [-0.2, 0) is 9.53 Å². The monoisotopic (exact) mass is 436 g/mol. The summed E-state index contributed by atoms with van der Waals surface area (Å²) in [6.45, 7) is 5.57. The molecule has 2 amide bonds. The lowest BCUT2D eigenvalue weighted by Gasteiger charge is -2.48. The van der Waals surface area contributed by atoms with Crippen molar-refractivity contribution >= 4 is 17.8 Å². The summed E-state index contributed by atoms with van der Waals surface area (Å²) < 4.78 is 5.11. The van der Waals surface area contributed by atoms with E-state index in [4.69, 9.17) is 4.74 Å². The number of nitrogens with zero attached hydrogens (tertiary/aromatic N) is 6. The Hall–Kier alpha value is -3.07. The molecule has 0 aromatic carbocycles.